The maximum atomic E-state index is 12.2. The summed E-state index contributed by atoms with van der Waals surface area (Å²) >= 11 is 0. The van der Waals surface area contributed by atoms with Gasteiger partial charge in [0.2, 0.25) is 11.8 Å². The number of nitrogens with zero attached hydrogens (tertiary/aromatic N) is 1. The Bertz CT molecular complexity index is 543. The summed E-state index contributed by atoms with van der Waals surface area (Å²) in [5, 5.41) is 3.05. The van der Waals surface area contributed by atoms with E-state index in [1.807, 2.05) is 4.90 Å². The van der Waals surface area contributed by atoms with Gasteiger partial charge in [-0.3, -0.25) is 9.59 Å². The van der Waals surface area contributed by atoms with E-state index in [4.69, 9.17) is 0 Å². The van der Waals surface area contributed by atoms with E-state index in [0.29, 0.717) is 25.6 Å². The zero-order chi connectivity index (χ0) is 17.5. The van der Waals surface area contributed by atoms with Crippen molar-refractivity contribution in [1.82, 2.24) is 10.2 Å². The fraction of sp³-hybridized carbons (Fsp3) is 0.600. The van der Waals surface area contributed by atoms with Crippen LogP contribution < -0.4 is 5.32 Å². The zero-order valence-corrected chi connectivity index (χ0v) is 15.2. The van der Waals surface area contributed by atoms with Crippen LogP contribution in [-0.2, 0) is 22.4 Å². The molecule has 1 N–H and O–H groups in total. The Hall–Kier alpha value is -1.84. The lowest BCUT2D eigenvalue weighted by atomic mass is 9.96. The van der Waals surface area contributed by atoms with Crippen molar-refractivity contribution in [3.8, 4) is 0 Å². The van der Waals surface area contributed by atoms with E-state index in [1.165, 1.54) is 11.1 Å². The third kappa shape index (κ3) is 5.66. The minimum Gasteiger partial charge on any atom is -0.356 e. The van der Waals surface area contributed by atoms with E-state index in [2.05, 4.69) is 43.4 Å². The van der Waals surface area contributed by atoms with Gasteiger partial charge in [-0.05, 0) is 42.7 Å². The van der Waals surface area contributed by atoms with Gasteiger partial charge in [0.05, 0.1) is 0 Å². The molecule has 24 heavy (non-hydrogen) atoms. The summed E-state index contributed by atoms with van der Waals surface area (Å²) in [6.45, 7) is 8.12. The molecule has 1 aromatic carbocycles. The Morgan fingerprint density at radius 2 is 1.71 bits per heavy atom. The number of likely N-dealkylation sites (tertiary alicyclic amines) is 1. The van der Waals surface area contributed by atoms with Crippen molar-refractivity contribution in [3.05, 3.63) is 35.4 Å². The highest BCUT2D eigenvalue weighted by Crippen LogP contribution is 2.17. The van der Waals surface area contributed by atoms with E-state index < -0.39 is 0 Å². The molecule has 0 aromatic heterocycles. The van der Waals surface area contributed by atoms with Gasteiger partial charge in [0.25, 0.3) is 0 Å². The predicted molar refractivity (Wildman–Crippen MR) is 96.7 cm³/mol. The molecule has 1 aliphatic rings. The molecule has 2 rings (SSSR count). The predicted octanol–water partition coefficient (Wildman–Crippen LogP) is 2.80. The van der Waals surface area contributed by atoms with Gasteiger partial charge in [-0.2, -0.15) is 0 Å². The van der Waals surface area contributed by atoms with Gasteiger partial charge in [0.15, 0.2) is 0 Å². The molecule has 0 bridgehead atoms. The summed E-state index contributed by atoms with van der Waals surface area (Å²) in [5.41, 5.74) is 2.63. The molecule has 2 amide bonds. The molecule has 1 heterocycles. The number of benzene rings is 1. The van der Waals surface area contributed by atoms with Crippen molar-refractivity contribution >= 4 is 11.8 Å². The second kappa shape index (κ2) is 8.86. The normalized spacial score (nSPS) is 15.6. The van der Waals surface area contributed by atoms with Gasteiger partial charge >= 0.3 is 0 Å². The maximum absolute atomic E-state index is 12.2. The lowest BCUT2D eigenvalue weighted by molar-refractivity contribution is -0.133. The van der Waals surface area contributed by atoms with Crippen molar-refractivity contribution in [1.29, 1.82) is 0 Å². The molecule has 0 saturated carbocycles. The average molecular weight is 330 g/mol. The maximum Gasteiger partial charge on any atom is 0.223 e. The van der Waals surface area contributed by atoms with E-state index in [9.17, 15) is 9.59 Å². The van der Waals surface area contributed by atoms with Crippen LogP contribution in [0.1, 0.15) is 44.7 Å². The Labute approximate surface area is 145 Å². The number of piperidine rings is 1. The highest BCUT2D eigenvalue weighted by Gasteiger charge is 2.25. The van der Waals surface area contributed by atoms with Crippen LogP contribution >= 0.6 is 0 Å². The van der Waals surface area contributed by atoms with E-state index in [0.717, 1.165) is 25.7 Å². The largest absolute Gasteiger partial charge is 0.356 e. The van der Waals surface area contributed by atoms with E-state index in [-0.39, 0.29) is 17.7 Å². The van der Waals surface area contributed by atoms with Crippen molar-refractivity contribution in [2.24, 2.45) is 11.8 Å². The summed E-state index contributed by atoms with van der Waals surface area (Å²) in [6.07, 6.45) is 3.51. The molecule has 0 radical (unpaired) electrons. The Morgan fingerprint density at radius 1 is 1.12 bits per heavy atom. The number of hydrogen-bond acceptors (Lipinski definition) is 2. The fourth-order valence-corrected chi connectivity index (χ4v) is 3.24. The van der Waals surface area contributed by atoms with Gasteiger partial charge in [-0.25, -0.2) is 0 Å². The first-order valence-electron chi connectivity index (χ1n) is 9.06. The average Bonchev–Trinajstić information content (AvgIpc) is 2.56. The Morgan fingerprint density at radius 3 is 2.25 bits per heavy atom. The Balaban J connectivity index is 1.70. The van der Waals surface area contributed by atoms with Crippen molar-refractivity contribution in [3.63, 3.8) is 0 Å². The van der Waals surface area contributed by atoms with Crippen LogP contribution in [0.25, 0.3) is 0 Å². The van der Waals surface area contributed by atoms with Crippen LogP contribution in [0.4, 0.5) is 0 Å². The van der Waals surface area contributed by atoms with Gasteiger partial charge in [-0.15, -0.1) is 0 Å². The molecular formula is C20H30N2O2. The quantitative estimate of drug-likeness (QED) is 0.872. The molecule has 1 aliphatic heterocycles. The number of hydrogen-bond donors (Lipinski definition) is 1. The zero-order valence-electron chi connectivity index (χ0n) is 15.2. The van der Waals surface area contributed by atoms with Crippen LogP contribution in [0, 0.1) is 11.8 Å². The smallest absolute Gasteiger partial charge is 0.223 e. The molecule has 1 fully saturated rings. The van der Waals surface area contributed by atoms with Crippen molar-refractivity contribution in [2.45, 2.75) is 46.5 Å². The lowest BCUT2D eigenvalue weighted by Gasteiger charge is -2.30. The third-order valence-corrected chi connectivity index (χ3v) is 4.69. The van der Waals surface area contributed by atoms with Gasteiger partial charge in [0.1, 0.15) is 0 Å². The van der Waals surface area contributed by atoms with Gasteiger partial charge in [0, 0.05) is 32.5 Å². The van der Waals surface area contributed by atoms with Crippen LogP contribution in [0.2, 0.25) is 0 Å². The van der Waals surface area contributed by atoms with E-state index in [1.54, 1.807) is 6.92 Å². The number of carbonyl (C=O) groups is 2. The topological polar surface area (TPSA) is 49.4 Å². The van der Waals surface area contributed by atoms with Crippen LogP contribution in [0.15, 0.2) is 24.3 Å². The van der Waals surface area contributed by atoms with E-state index >= 15 is 0 Å². The molecule has 0 aliphatic carbocycles. The SMILES string of the molecule is CC(=O)N1CCC(C(=O)NCCc2ccc(CC(C)C)cc2)CC1. The lowest BCUT2D eigenvalue weighted by Crippen LogP contribution is -2.42. The summed E-state index contributed by atoms with van der Waals surface area (Å²) in [5.74, 6) is 0.961. The molecule has 0 atom stereocenters. The summed E-state index contributed by atoms with van der Waals surface area (Å²) < 4.78 is 0. The van der Waals surface area contributed by atoms with Crippen LogP contribution in [0.3, 0.4) is 0 Å². The van der Waals surface area contributed by atoms with Crippen LogP contribution in [-0.4, -0.2) is 36.3 Å². The summed E-state index contributed by atoms with van der Waals surface area (Å²) in [6, 6.07) is 8.70. The molecule has 1 aromatic rings. The number of rotatable bonds is 6. The minimum absolute atomic E-state index is 0.0500. The van der Waals surface area contributed by atoms with Gasteiger partial charge in [-0.1, -0.05) is 38.1 Å². The highest BCUT2D eigenvalue weighted by atomic mass is 16.2. The van der Waals surface area contributed by atoms with Crippen molar-refractivity contribution < 1.29 is 9.59 Å². The van der Waals surface area contributed by atoms with Crippen LogP contribution in [0.5, 0.6) is 0 Å². The number of amides is 2. The first kappa shape index (κ1) is 18.5. The van der Waals surface area contributed by atoms with Crippen molar-refractivity contribution in [2.75, 3.05) is 19.6 Å². The monoisotopic (exact) mass is 330 g/mol. The standard InChI is InChI=1S/C20H30N2O2/c1-15(2)14-18-6-4-17(5-7-18)8-11-21-20(24)19-9-12-22(13-10-19)16(3)23/h4-7,15,19H,8-14H2,1-3H3,(H,21,24). The number of carbonyl (C=O) groups excluding carboxylic acids is 2. The fourth-order valence-electron chi connectivity index (χ4n) is 3.24. The Kier molecular flexibility index (Phi) is 6.83. The summed E-state index contributed by atoms with van der Waals surface area (Å²) in [7, 11) is 0. The molecule has 0 spiro atoms. The number of nitrogens with one attached hydrogen (secondary N) is 1. The second-order valence-electron chi connectivity index (χ2n) is 7.24. The molecule has 0 unspecified atom stereocenters. The molecule has 1 saturated heterocycles. The molecule has 4 heteroatoms. The second-order valence-corrected chi connectivity index (χ2v) is 7.24. The molecule has 4 nitrogen and oxygen atoms in total. The van der Waals surface area contributed by atoms with Gasteiger partial charge < -0.3 is 10.2 Å². The summed E-state index contributed by atoms with van der Waals surface area (Å²) in [4.78, 5) is 25.4. The first-order valence-corrected chi connectivity index (χ1v) is 9.06. The molecular weight excluding hydrogens is 300 g/mol. The molecule has 132 valence electrons. The third-order valence-electron chi connectivity index (χ3n) is 4.69. The highest BCUT2D eigenvalue weighted by molar-refractivity contribution is 5.79. The first-order chi connectivity index (χ1) is 11.5. The minimum atomic E-state index is 0.0500.